The Morgan fingerprint density at radius 3 is 2.40 bits per heavy atom. The third-order valence-electron chi connectivity index (χ3n) is 4.98. The fourth-order valence-corrected chi connectivity index (χ4v) is 6.90. The largest absolute Gasteiger partial charge is 0.452 e. The number of nitrogens with zero attached hydrogens (tertiary/aromatic N) is 1. The van der Waals surface area contributed by atoms with Crippen LogP contribution in [0.3, 0.4) is 0 Å². The molecule has 1 amide bonds. The molecule has 12 heteroatoms. The Hall–Kier alpha value is -2.02. The molecule has 0 aliphatic carbocycles. The summed E-state index contributed by atoms with van der Waals surface area (Å²) >= 11 is 0. The number of hydrogen-bond acceptors (Lipinski definition) is 8. The summed E-state index contributed by atoms with van der Waals surface area (Å²) in [7, 11) is -6.85. The van der Waals surface area contributed by atoms with Crippen LogP contribution in [0.5, 0.6) is 0 Å². The molecule has 2 heterocycles. The molecule has 1 aromatic carbocycles. The van der Waals surface area contributed by atoms with Gasteiger partial charge in [0.15, 0.2) is 16.4 Å². The molecule has 1 N–H and O–H groups in total. The van der Waals surface area contributed by atoms with E-state index < -0.39 is 43.9 Å². The van der Waals surface area contributed by atoms with Crippen LogP contribution >= 0.6 is 0 Å². The minimum Gasteiger partial charge on any atom is -0.452 e. The molecule has 0 bridgehead atoms. The van der Waals surface area contributed by atoms with Crippen molar-refractivity contribution >= 4 is 31.7 Å². The molecule has 166 valence electrons. The van der Waals surface area contributed by atoms with Crippen LogP contribution in [0.4, 0.5) is 0 Å². The van der Waals surface area contributed by atoms with Gasteiger partial charge in [0.1, 0.15) is 0 Å². The molecule has 0 saturated carbocycles. The summed E-state index contributed by atoms with van der Waals surface area (Å²) in [5, 5.41) is 2.59. The second kappa shape index (κ2) is 8.61. The van der Waals surface area contributed by atoms with Gasteiger partial charge in [0.2, 0.25) is 10.0 Å². The van der Waals surface area contributed by atoms with Crippen molar-refractivity contribution in [2.45, 2.75) is 23.8 Å². The van der Waals surface area contributed by atoms with E-state index in [4.69, 9.17) is 9.47 Å². The molecule has 2 aliphatic heterocycles. The quantitative estimate of drug-likeness (QED) is 0.564. The van der Waals surface area contributed by atoms with Crippen LogP contribution in [-0.4, -0.2) is 83.0 Å². The van der Waals surface area contributed by atoms with Crippen molar-refractivity contribution in [2.75, 3.05) is 44.4 Å². The lowest BCUT2D eigenvalue weighted by Crippen LogP contribution is -2.48. The van der Waals surface area contributed by atoms with E-state index >= 15 is 0 Å². The van der Waals surface area contributed by atoms with Crippen LogP contribution in [0.15, 0.2) is 29.2 Å². The van der Waals surface area contributed by atoms with Gasteiger partial charge >= 0.3 is 5.97 Å². The highest BCUT2D eigenvalue weighted by atomic mass is 32.2. The summed E-state index contributed by atoms with van der Waals surface area (Å²) in [5.41, 5.74) is -0.781. The highest BCUT2D eigenvalue weighted by Crippen LogP contribution is 2.22. The summed E-state index contributed by atoms with van der Waals surface area (Å²) in [5.74, 6) is -1.54. The first-order valence-corrected chi connectivity index (χ1v) is 12.6. The lowest BCUT2D eigenvalue weighted by molar-refractivity contribution is -0.125. The van der Waals surface area contributed by atoms with Gasteiger partial charge in [-0.2, -0.15) is 4.31 Å². The number of hydrogen-bond donors (Lipinski definition) is 1. The van der Waals surface area contributed by atoms with Gasteiger partial charge in [-0.05, 0) is 37.6 Å². The molecule has 0 spiro atoms. The maximum absolute atomic E-state index is 12.6. The third kappa shape index (κ3) is 5.36. The van der Waals surface area contributed by atoms with Gasteiger partial charge in [-0.3, -0.25) is 4.79 Å². The molecule has 2 saturated heterocycles. The van der Waals surface area contributed by atoms with Crippen molar-refractivity contribution in [1.29, 1.82) is 0 Å². The molecule has 1 unspecified atom stereocenters. The Morgan fingerprint density at radius 1 is 1.20 bits per heavy atom. The first-order chi connectivity index (χ1) is 14.0. The lowest BCUT2D eigenvalue weighted by Gasteiger charge is -2.26. The van der Waals surface area contributed by atoms with Gasteiger partial charge in [-0.15, -0.1) is 0 Å². The molecule has 1 aromatic rings. The van der Waals surface area contributed by atoms with E-state index in [0.717, 1.165) is 0 Å². The Kier molecular flexibility index (Phi) is 6.51. The number of ether oxygens (including phenoxy) is 2. The predicted octanol–water partition coefficient (Wildman–Crippen LogP) is -0.442. The van der Waals surface area contributed by atoms with Crippen molar-refractivity contribution in [3.05, 3.63) is 29.8 Å². The van der Waals surface area contributed by atoms with Crippen molar-refractivity contribution in [2.24, 2.45) is 0 Å². The zero-order valence-corrected chi connectivity index (χ0v) is 18.1. The Labute approximate surface area is 175 Å². The standard InChI is InChI=1S/C18H24N2O8S2/c1-18(6-11-29(23,24)13-18)19-16(21)12-28-17(22)14-2-4-15(5-3-14)30(25,26)20-7-9-27-10-8-20/h2-5H,6-13H2,1H3,(H,19,21). The SMILES string of the molecule is CC1(NC(=O)COC(=O)c2ccc(S(=O)(=O)N3CCOCC3)cc2)CCS(=O)(=O)C1. The second-order valence-electron chi connectivity index (χ2n) is 7.57. The van der Waals surface area contributed by atoms with E-state index in [9.17, 15) is 26.4 Å². The smallest absolute Gasteiger partial charge is 0.338 e. The Bertz CT molecular complexity index is 1010. The number of carbonyl (C=O) groups excluding carboxylic acids is 2. The molecular formula is C18H24N2O8S2. The van der Waals surface area contributed by atoms with Crippen LogP contribution in [0.25, 0.3) is 0 Å². The summed E-state index contributed by atoms with van der Waals surface area (Å²) in [4.78, 5) is 24.2. The summed E-state index contributed by atoms with van der Waals surface area (Å²) in [6.07, 6.45) is 0.300. The Balaban J connectivity index is 1.55. The fourth-order valence-electron chi connectivity index (χ4n) is 3.40. The summed E-state index contributed by atoms with van der Waals surface area (Å²) in [6.45, 7) is 2.25. The van der Waals surface area contributed by atoms with Crippen LogP contribution in [0.2, 0.25) is 0 Å². The fraction of sp³-hybridized carbons (Fsp3) is 0.556. The number of rotatable bonds is 6. The normalized spacial score (nSPS) is 24.3. The number of sulfonamides is 1. The molecule has 0 aromatic heterocycles. The van der Waals surface area contributed by atoms with Crippen molar-refractivity contribution in [3.8, 4) is 0 Å². The zero-order chi connectivity index (χ0) is 22.0. The molecule has 3 rings (SSSR count). The van der Waals surface area contributed by atoms with E-state index in [2.05, 4.69) is 5.32 Å². The van der Waals surface area contributed by atoms with Crippen LogP contribution < -0.4 is 5.32 Å². The molecule has 2 aliphatic rings. The van der Waals surface area contributed by atoms with Crippen molar-refractivity contribution < 1.29 is 35.9 Å². The summed E-state index contributed by atoms with van der Waals surface area (Å²) < 4.78 is 59.8. The van der Waals surface area contributed by atoms with Crippen molar-refractivity contribution in [3.63, 3.8) is 0 Å². The minimum absolute atomic E-state index is 0.00325. The van der Waals surface area contributed by atoms with Crippen molar-refractivity contribution in [1.82, 2.24) is 9.62 Å². The molecule has 10 nitrogen and oxygen atoms in total. The third-order valence-corrected chi connectivity index (χ3v) is 8.79. The minimum atomic E-state index is -3.67. The van der Waals surface area contributed by atoms with Gasteiger partial charge in [0, 0.05) is 13.1 Å². The van der Waals surface area contributed by atoms with E-state index in [0.29, 0.717) is 19.6 Å². The number of nitrogens with one attached hydrogen (secondary N) is 1. The zero-order valence-electron chi connectivity index (χ0n) is 16.5. The Morgan fingerprint density at radius 2 is 1.83 bits per heavy atom. The van der Waals surface area contributed by atoms with Gasteiger partial charge in [-0.25, -0.2) is 21.6 Å². The molecule has 0 radical (unpaired) electrons. The summed E-state index contributed by atoms with van der Waals surface area (Å²) in [6, 6.07) is 5.26. The molecule has 1 atom stereocenters. The highest BCUT2D eigenvalue weighted by Gasteiger charge is 2.39. The molecule has 2 fully saturated rings. The lowest BCUT2D eigenvalue weighted by atomic mass is 10.0. The molecular weight excluding hydrogens is 436 g/mol. The van der Waals surface area contributed by atoms with E-state index in [-0.39, 0.29) is 35.1 Å². The van der Waals surface area contributed by atoms with E-state index in [1.165, 1.54) is 28.6 Å². The van der Waals surface area contributed by atoms with E-state index in [1.54, 1.807) is 6.92 Å². The van der Waals surface area contributed by atoms with Gasteiger partial charge in [0.25, 0.3) is 5.91 Å². The van der Waals surface area contributed by atoms with E-state index in [1.807, 2.05) is 0 Å². The van der Waals surface area contributed by atoms with Crippen LogP contribution in [-0.2, 0) is 34.1 Å². The predicted molar refractivity (Wildman–Crippen MR) is 106 cm³/mol. The maximum atomic E-state index is 12.6. The van der Waals surface area contributed by atoms with Crippen LogP contribution in [0, 0.1) is 0 Å². The highest BCUT2D eigenvalue weighted by molar-refractivity contribution is 7.91. The number of morpholine rings is 1. The van der Waals surface area contributed by atoms with Crippen LogP contribution in [0.1, 0.15) is 23.7 Å². The number of sulfone groups is 1. The van der Waals surface area contributed by atoms with Gasteiger partial charge in [-0.1, -0.05) is 0 Å². The number of amides is 1. The number of esters is 1. The maximum Gasteiger partial charge on any atom is 0.338 e. The first-order valence-electron chi connectivity index (χ1n) is 9.37. The number of benzene rings is 1. The first kappa shape index (κ1) is 22.7. The molecule has 30 heavy (non-hydrogen) atoms. The number of carbonyl (C=O) groups is 2. The van der Waals surface area contributed by atoms with Gasteiger partial charge in [0.05, 0.1) is 40.7 Å². The topological polar surface area (TPSA) is 136 Å². The average Bonchev–Trinajstić information content (AvgIpc) is 2.99. The second-order valence-corrected chi connectivity index (χ2v) is 11.7. The van der Waals surface area contributed by atoms with Gasteiger partial charge < -0.3 is 14.8 Å². The monoisotopic (exact) mass is 460 g/mol. The average molecular weight is 461 g/mol.